The molecule has 0 saturated carbocycles. The Hall–Kier alpha value is -2.60. The number of anilines is 1. The molecular weight excluding hydrogens is 374 g/mol. The zero-order valence-electron chi connectivity index (χ0n) is 16.8. The Balaban J connectivity index is 2.32. The summed E-state index contributed by atoms with van der Waals surface area (Å²) >= 11 is 0.931. The number of carbonyl (C=O) groups excluding carboxylic acids is 3. The van der Waals surface area contributed by atoms with E-state index in [-0.39, 0.29) is 16.8 Å². The molecule has 1 atom stereocenters. The van der Waals surface area contributed by atoms with Gasteiger partial charge in [0.2, 0.25) is 11.0 Å². The summed E-state index contributed by atoms with van der Waals surface area (Å²) in [5.41, 5.74) is 4.05. The molecule has 0 fully saturated rings. The number of amides is 1. The summed E-state index contributed by atoms with van der Waals surface area (Å²) in [6, 6.07) is 11.9. The molecule has 0 N–H and O–H groups in total. The summed E-state index contributed by atoms with van der Waals surface area (Å²) in [4.78, 5) is 39.1. The van der Waals surface area contributed by atoms with Gasteiger partial charge in [0.1, 0.15) is 6.04 Å². The second kappa shape index (κ2) is 9.55. The zero-order chi connectivity index (χ0) is 20.8. The SMILES string of the molecule is COC(=O)C(C)N(C(=O)CSC(=O)c1ccccc1)c1c(C)ccc(C)c1C. The Morgan fingerprint density at radius 2 is 1.61 bits per heavy atom. The van der Waals surface area contributed by atoms with Crippen LogP contribution in [0.5, 0.6) is 0 Å². The number of rotatable bonds is 6. The summed E-state index contributed by atoms with van der Waals surface area (Å²) in [7, 11) is 1.30. The minimum absolute atomic E-state index is 0.0676. The Kier molecular flexibility index (Phi) is 7.40. The van der Waals surface area contributed by atoms with Crippen LogP contribution in [-0.4, -0.2) is 35.9 Å². The molecule has 2 aromatic rings. The topological polar surface area (TPSA) is 63.7 Å². The van der Waals surface area contributed by atoms with Gasteiger partial charge in [0.15, 0.2) is 0 Å². The quantitative estimate of drug-likeness (QED) is 0.685. The molecule has 5 nitrogen and oxygen atoms in total. The Labute approximate surface area is 170 Å². The highest BCUT2D eigenvalue weighted by Crippen LogP contribution is 2.30. The van der Waals surface area contributed by atoms with Crippen LogP contribution in [0.25, 0.3) is 0 Å². The Morgan fingerprint density at radius 1 is 1.00 bits per heavy atom. The number of thioether (sulfide) groups is 1. The highest BCUT2D eigenvalue weighted by Gasteiger charge is 2.31. The Bertz CT molecular complexity index is 880. The van der Waals surface area contributed by atoms with E-state index in [1.165, 1.54) is 12.0 Å². The minimum atomic E-state index is -0.802. The predicted molar refractivity (Wildman–Crippen MR) is 113 cm³/mol. The molecule has 6 heteroatoms. The van der Waals surface area contributed by atoms with Gasteiger partial charge in [-0.25, -0.2) is 4.79 Å². The van der Waals surface area contributed by atoms with E-state index in [0.29, 0.717) is 11.3 Å². The van der Waals surface area contributed by atoms with Crippen LogP contribution >= 0.6 is 11.8 Å². The molecule has 0 aliphatic carbocycles. The zero-order valence-corrected chi connectivity index (χ0v) is 17.6. The molecule has 148 valence electrons. The summed E-state index contributed by atoms with van der Waals surface area (Å²) in [6.07, 6.45) is 0. The van der Waals surface area contributed by atoms with Crippen LogP contribution in [0.1, 0.15) is 34.0 Å². The van der Waals surface area contributed by atoms with Crippen LogP contribution in [0, 0.1) is 20.8 Å². The maximum Gasteiger partial charge on any atom is 0.328 e. The van der Waals surface area contributed by atoms with Gasteiger partial charge in [-0.05, 0) is 44.4 Å². The van der Waals surface area contributed by atoms with Gasteiger partial charge in [0.25, 0.3) is 0 Å². The van der Waals surface area contributed by atoms with Crippen molar-refractivity contribution in [2.24, 2.45) is 0 Å². The molecule has 0 aromatic heterocycles. The lowest BCUT2D eigenvalue weighted by atomic mass is 10.0. The van der Waals surface area contributed by atoms with Crippen molar-refractivity contribution in [1.82, 2.24) is 0 Å². The molecule has 0 saturated heterocycles. The van der Waals surface area contributed by atoms with Gasteiger partial charge in [-0.15, -0.1) is 0 Å². The van der Waals surface area contributed by atoms with Crippen LogP contribution in [0.3, 0.4) is 0 Å². The third-order valence-electron chi connectivity index (χ3n) is 4.68. The smallest absolute Gasteiger partial charge is 0.328 e. The number of esters is 1. The standard InChI is InChI=1S/C22H25NO4S/c1-14-11-12-15(2)20(16(14)3)23(17(4)21(25)27-5)19(24)13-28-22(26)18-9-7-6-8-10-18/h6-12,17H,13H2,1-5H3. The van der Waals surface area contributed by atoms with Crippen molar-refractivity contribution in [3.63, 3.8) is 0 Å². The van der Waals surface area contributed by atoms with Crippen molar-refractivity contribution in [2.45, 2.75) is 33.7 Å². The second-order valence-corrected chi connectivity index (χ2v) is 7.53. The summed E-state index contributed by atoms with van der Waals surface area (Å²) in [5, 5.41) is -0.183. The van der Waals surface area contributed by atoms with E-state index in [0.717, 1.165) is 28.5 Å². The van der Waals surface area contributed by atoms with Crippen molar-refractivity contribution in [1.29, 1.82) is 0 Å². The fourth-order valence-electron chi connectivity index (χ4n) is 2.97. The fourth-order valence-corrected chi connectivity index (χ4v) is 3.67. The van der Waals surface area contributed by atoms with Crippen LogP contribution in [0.15, 0.2) is 42.5 Å². The summed E-state index contributed by atoms with van der Waals surface area (Å²) in [5.74, 6) is -0.890. The van der Waals surface area contributed by atoms with Crippen molar-refractivity contribution < 1.29 is 19.1 Å². The first-order chi connectivity index (χ1) is 13.3. The molecule has 2 rings (SSSR count). The van der Waals surface area contributed by atoms with E-state index in [2.05, 4.69) is 0 Å². The van der Waals surface area contributed by atoms with Gasteiger partial charge in [-0.1, -0.05) is 54.2 Å². The molecule has 2 aromatic carbocycles. The Morgan fingerprint density at radius 3 is 2.21 bits per heavy atom. The molecule has 0 aliphatic rings. The number of hydrogen-bond acceptors (Lipinski definition) is 5. The van der Waals surface area contributed by atoms with Gasteiger partial charge in [-0.3, -0.25) is 14.5 Å². The van der Waals surface area contributed by atoms with Gasteiger partial charge in [-0.2, -0.15) is 0 Å². The van der Waals surface area contributed by atoms with Crippen molar-refractivity contribution in [3.05, 3.63) is 64.7 Å². The largest absolute Gasteiger partial charge is 0.467 e. The highest BCUT2D eigenvalue weighted by atomic mass is 32.2. The fraction of sp³-hybridized carbons (Fsp3) is 0.318. The summed E-state index contributed by atoms with van der Waals surface area (Å²) < 4.78 is 4.86. The average Bonchev–Trinajstić information content (AvgIpc) is 2.71. The number of hydrogen-bond donors (Lipinski definition) is 0. The van der Waals surface area contributed by atoms with Gasteiger partial charge >= 0.3 is 5.97 Å². The maximum absolute atomic E-state index is 13.1. The first-order valence-electron chi connectivity index (χ1n) is 8.96. The number of nitrogens with zero attached hydrogens (tertiary/aromatic N) is 1. The van der Waals surface area contributed by atoms with Crippen LogP contribution < -0.4 is 4.90 Å². The lowest BCUT2D eigenvalue weighted by molar-refractivity contribution is -0.142. The monoisotopic (exact) mass is 399 g/mol. The first kappa shape index (κ1) is 21.7. The molecule has 28 heavy (non-hydrogen) atoms. The maximum atomic E-state index is 13.1. The molecule has 0 aliphatic heterocycles. The van der Waals surface area contributed by atoms with E-state index in [9.17, 15) is 14.4 Å². The van der Waals surface area contributed by atoms with Crippen LogP contribution in [-0.2, 0) is 14.3 Å². The molecular formula is C22H25NO4S. The van der Waals surface area contributed by atoms with Crippen molar-refractivity contribution in [2.75, 3.05) is 17.8 Å². The van der Waals surface area contributed by atoms with E-state index >= 15 is 0 Å². The van der Waals surface area contributed by atoms with E-state index < -0.39 is 12.0 Å². The van der Waals surface area contributed by atoms with E-state index in [4.69, 9.17) is 4.74 Å². The second-order valence-electron chi connectivity index (χ2n) is 6.58. The van der Waals surface area contributed by atoms with E-state index in [1.807, 2.05) is 39.0 Å². The first-order valence-corrected chi connectivity index (χ1v) is 9.95. The van der Waals surface area contributed by atoms with Crippen LogP contribution in [0.4, 0.5) is 5.69 Å². The molecule has 1 amide bonds. The average molecular weight is 400 g/mol. The molecule has 0 heterocycles. The lowest BCUT2D eigenvalue weighted by Gasteiger charge is -2.31. The van der Waals surface area contributed by atoms with Crippen molar-refractivity contribution >= 4 is 34.4 Å². The number of methoxy groups -OCH3 is 1. The molecule has 1 unspecified atom stereocenters. The number of ether oxygens (including phenoxy) is 1. The predicted octanol–water partition coefficient (Wildman–Crippen LogP) is 4.08. The van der Waals surface area contributed by atoms with Gasteiger partial charge in [0.05, 0.1) is 18.6 Å². The third-order valence-corrected chi connectivity index (χ3v) is 5.57. The number of carbonyl (C=O) groups is 3. The van der Waals surface area contributed by atoms with Gasteiger partial charge in [0, 0.05) is 5.56 Å². The number of aryl methyl sites for hydroxylation is 2. The van der Waals surface area contributed by atoms with E-state index in [1.54, 1.807) is 31.2 Å². The minimum Gasteiger partial charge on any atom is -0.467 e. The normalized spacial score (nSPS) is 11.6. The van der Waals surface area contributed by atoms with Crippen LogP contribution in [0.2, 0.25) is 0 Å². The highest BCUT2D eigenvalue weighted by molar-refractivity contribution is 8.14. The van der Waals surface area contributed by atoms with Gasteiger partial charge < -0.3 is 4.74 Å². The molecule has 0 radical (unpaired) electrons. The van der Waals surface area contributed by atoms with Crippen molar-refractivity contribution in [3.8, 4) is 0 Å². The summed E-state index contributed by atoms with van der Waals surface area (Å²) in [6.45, 7) is 7.41. The molecule has 0 spiro atoms. The lowest BCUT2D eigenvalue weighted by Crippen LogP contribution is -2.46. The number of benzene rings is 2. The molecule has 0 bridgehead atoms. The third kappa shape index (κ3) is 4.81.